The molecule has 7 heteroatoms. The van der Waals surface area contributed by atoms with E-state index >= 15 is 0 Å². The van der Waals surface area contributed by atoms with Gasteiger partial charge in [-0.05, 0) is 19.8 Å². The summed E-state index contributed by atoms with van der Waals surface area (Å²) in [6.45, 7) is 3.85. The number of hydrogen-bond donors (Lipinski definition) is 2. The third-order valence-corrected chi connectivity index (χ3v) is 4.19. The lowest BCUT2D eigenvalue weighted by molar-refractivity contribution is -0.135. The average molecular weight is 296 g/mol. The first-order chi connectivity index (χ1) is 9.60. The van der Waals surface area contributed by atoms with Gasteiger partial charge in [0.25, 0.3) is 0 Å². The first kappa shape index (κ1) is 14.8. The van der Waals surface area contributed by atoms with E-state index in [1.807, 2.05) is 17.2 Å². The van der Waals surface area contributed by atoms with E-state index in [-0.39, 0.29) is 17.7 Å². The van der Waals surface area contributed by atoms with Gasteiger partial charge in [-0.2, -0.15) is 0 Å². The first-order valence-corrected chi connectivity index (χ1v) is 7.73. The molecular formula is C13H20N4O2S. The van der Waals surface area contributed by atoms with E-state index < -0.39 is 0 Å². The van der Waals surface area contributed by atoms with Crippen molar-refractivity contribution >= 4 is 28.3 Å². The number of rotatable bonds is 4. The van der Waals surface area contributed by atoms with Crippen LogP contribution in [0.5, 0.6) is 0 Å². The summed E-state index contributed by atoms with van der Waals surface area (Å²) in [6.07, 6.45) is 1.76. The molecule has 1 aromatic heterocycles. The van der Waals surface area contributed by atoms with Gasteiger partial charge in [0, 0.05) is 30.9 Å². The summed E-state index contributed by atoms with van der Waals surface area (Å²) in [5, 5.41) is 5.14. The highest BCUT2D eigenvalue weighted by molar-refractivity contribution is 7.13. The fraction of sp³-hybridized carbons (Fsp3) is 0.615. The molecule has 3 N–H and O–H groups in total. The minimum absolute atomic E-state index is 0.0360. The van der Waals surface area contributed by atoms with Gasteiger partial charge in [0.05, 0.1) is 12.1 Å². The molecule has 0 aliphatic carbocycles. The molecule has 0 saturated carbocycles. The summed E-state index contributed by atoms with van der Waals surface area (Å²) in [7, 11) is 0. The monoisotopic (exact) mass is 296 g/mol. The molecule has 1 aliphatic rings. The predicted molar refractivity (Wildman–Crippen MR) is 78.2 cm³/mol. The molecule has 0 aromatic carbocycles. The summed E-state index contributed by atoms with van der Waals surface area (Å²) in [5.41, 5.74) is 6.28. The van der Waals surface area contributed by atoms with Crippen molar-refractivity contribution in [2.45, 2.75) is 26.2 Å². The Morgan fingerprint density at radius 2 is 2.20 bits per heavy atom. The van der Waals surface area contributed by atoms with Crippen LogP contribution in [0.1, 0.15) is 25.5 Å². The number of nitrogens with one attached hydrogen (secondary N) is 1. The Labute approximate surface area is 122 Å². The molecule has 6 nitrogen and oxygen atoms in total. The number of nitrogens with two attached hydrogens (primary N) is 1. The van der Waals surface area contributed by atoms with Crippen molar-refractivity contribution in [3.8, 4) is 0 Å². The van der Waals surface area contributed by atoms with Gasteiger partial charge in [-0.25, -0.2) is 4.98 Å². The lowest BCUT2D eigenvalue weighted by Gasteiger charge is -2.31. The number of aromatic nitrogens is 1. The summed E-state index contributed by atoms with van der Waals surface area (Å²) in [5.74, 6) is 0.199. The maximum Gasteiger partial charge on any atom is 0.228 e. The highest BCUT2D eigenvalue weighted by Gasteiger charge is 2.27. The Morgan fingerprint density at radius 1 is 1.50 bits per heavy atom. The van der Waals surface area contributed by atoms with Crippen molar-refractivity contribution in [2.75, 3.05) is 25.4 Å². The average Bonchev–Trinajstić information content (AvgIpc) is 2.84. The molecule has 1 fully saturated rings. The Bertz CT molecular complexity index is 480. The van der Waals surface area contributed by atoms with Crippen molar-refractivity contribution in [3.63, 3.8) is 0 Å². The maximum absolute atomic E-state index is 12.1. The summed E-state index contributed by atoms with van der Waals surface area (Å²) in [4.78, 5) is 29.8. The molecular weight excluding hydrogens is 276 g/mol. The summed E-state index contributed by atoms with van der Waals surface area (Å²) in [6, 6.07) is 0. The second kappa shape index (κ2) is 6.69. The van der Waals surface area contributed by atoms with Crippen LogP contribution in [0.3, 0.4) is 0 Å². The van der Waals surface area contributed by atoms with Crippen LogP contribution in [-0.4, -0.2) is 41.3 Å². The van der Waals surface area contributed by atoms with Gasteiger partial charge in [0.15, 0.2) is 5.13 Å². The third-order valence-electron chi connectivity index (χ3n) is 3.47. The Morgan fingerprint density at radius 3 is 2.75 bits per heavy atom. The molecule has 2 rings (SSSR count). The molecule has 0 radical (unpaired) electrons. The normalized spacial score (nSPS) is 16.1. The molecule has 0 bridgehead atoms. The fourth-order valence-corrected chi connectivity index (χ4v) is 2.94. The first-order valence-electron chi connectivity index (χ1n) is 6.85. The minimum atomic E-state index is 0.0360. The lowest BCUT2D eigenvalue weighted by Crippen LogP contribution is -2.43. The number of hydrogen-bond acceptors (Lipinski definition) is 5. The number of piperidine rings is 1. The molecule has 110 valence electrons. The molecule has 1 aliphatic heterocycles. The Kier molecular flexibility index (Phi) is 4.94. The van der Waals surface area contributed by atoms with Gasteiger partial charge < -0.3 is 16.0 Å². The van der Waals surface area contributed by atoms with Crippen LogP contribution in [0.25, 0.3) is 0 Å². The zero-order valence-corrected chi connectivity index (χ0v) is 12.4. The molecule has 20 heavy (non-hydrogen) atoms. The molecule has 2 amide bonds. The van der Waals surface area contributed by atoms with Gasteiger partial charge in [-0.1, -0.05) is 0 Å². The number of amides is 2. The molecule has 2 heterocycles. The number of likely N-dealkylation sites (tertiary alicyclic amines) is 1. The number of carbonyl (C=O) groups excluding carboxylic acids is 2. The second-order valence-electron chi connectivity index (χ2n) is 4.90. The van der Waals surface area contributed by atoms with E-state index in [2.05, 4.69) is 10.3 Å². The van der Waals surface area contributed by atoms with Crippen molar-refractivity contribution in [1.82, 2.24) is 15.2 Å². The highest BCUT2D eigenvalue weighted by atomic mass is 32.1. The predicted octanol–water partition coefficient (Wildman–Crippen LogP) is 0.642. The second-order valence-corrected chi connectivity index (χ2v) is 5.79. The van der Waals surface area contributed by atoms with Crippen LogP contribution in [0.15, 0.2) is 5.38 Å². The van der Waals surface area contributed by atoms with Crippen LogP contribution in [0.2, 0.25) is 0 Å². The van der Waals surface area contributed by atoms with Crippen LogP contribution < -0.4 is 11.1 Å². The van der Waals surface area contributed by atoms with E-state index in [1.165, 1.54) is 11.3 Å². The van der Waals surface area contributed by atoms with E-state index in [0.717, 1.165) is 18.5 Å². The van der Waals surface area contributed by atoms with Crippen LogP contribution in [-0.2, 0) is 16.0 Å². The van der Waals surface area contributed by atoms with Gasteiger partial charge in [-0.15, -0.1) is 11.3 Å². The van der Waals surface area contributed by atoms with Crippen molar-refractivity contribution in [2.24, 2.45) is 5.92 Å². The topological polar surface area (TPSA) is 88.3 Å². The van der Waals surface area contributed by atoms with Gasteiger partial charge in [0.2, 0.25) is 11.8 Å². The standard InChI is InChI=1S/C13H20N4O2S/c1-2-15-12(19)9-3-5-17(6-4-9)11(18)7-10-8-20-13(14)16-10/h8-9H,2-7H2,1H3,(H2,14,16)(H,15,19). The van der Waals surface area contributed by atoms with E-state index in [4.69, 9.17) is 5.73 Å². The van der Waals surface area contributed by atoms with Crippen molar-refractivity contribution < 1.29 is 9.59 Å². The van der Waals surface area contributed by atoms with Crippen LogP contribution in [0, 0.1) is 5.92 Å². The zero-order chi connectivity index (χ0) is 14.5. The lowest BCUT2D eigenvalue weighted by atomic mass is 9.95. The Balaban J connectivity index is 1.81. The molecule has 1 aromatic rings. The van der Waals surface area contributed by atoms with E-state index in [9.17, 15) is 9.59 Å². The largest absolute Gasteiger partial charge is 0.375 e. The minimum Gasteiger partial charge on any atom is -0.375 e. The van der Waals surface area contributed by atoms with Gasteiger partial charge in [0.1, 0.15) is 0 Å². The smallest absolute Gasteiger partial charge is 0.228 e. The Hall–Kier alpha value is -1.63. The van der Waals surface area contributed by atoms with Crippen molar-refractivity contribution in [1.29, 1.82) is 0 Å². The highest BCUT2D eigenvalue weighted by Crippen LogP contribution is 2.19. The molecule has 0 spiro atoms. The quantitative estimate of drug-likeness (QED) is 0.853. The number of thiazole rings is 1. The van der Waals surface area contributed by atoms with Gasteiger partial charge in [-0.3, -0.25) is 9.59 Å². The summed E-state index contributed by atoms with van der Waals surface area (Å²) < 4.78 is 0. The third kappa shape index (κ3) is 3.69. The SMILES string of the molecule is CCNC(=O)C1CCN(C(=O)Cc2csc(N)n2)CC1. The number of anilines is 1. The molecule has 0 unspecified atom stereocenters. The van der Waals surface area contributed by atoms with Gasteiger partial charge >= 0.3 is 0 Å². The van der Waals surface area contributed by atoms with Crippen molar-refractivity contribution in [3.05, 3.63) is 11.1 Å². The fourth-order valence-electron chi connectivity index (χ4n) is 2.38. The molecule has 1 saturated heterocycles. The number of nitrogens with zero attached hydrogens (tertiary/aromatic N) is 2. The summed E-state index contributed by atoms with van der Waals surface area (Å²) >= 11 is 1.35. The van der Waals surface area contributed by atoms with E-state index in [1.54, 1.807) is 0 Å². The maximum atomic E-state index is 12.1. The van der Waals surface area contributed by atoms with E-state index in [0.29, 0.717) is 31.2 Å². The number of nitrogen functional groups attached to an aromatic ring is 1. The van der Waals surface area contributed by atoms with Crippen LogP contribution >= 0.6 is 11.3 Å². The van der Waals surface area contributed by atoms with Crippen LogP contribution in [0.4, 0.5) is 5.13 Å². The zero-order valence-electron chi connectivity index (χ0n) is 11.6. The number of carbonyl (C=O) groups is 2. The molecule has 0 atom stereocenters.